The minimum atomic E-state index is -0.621. The quantitative estimate of drug-likeness (QED) is 0.115. The first kappa shape index (κ1) is 33.7. The topological polar surface area (TPSA) is 101 Å². The molecule has 6 rings (SSSR count). The predicted octanol–water partition coefficient (Wildman–Crippen LogP) is 9.84. The molecule has 0 aliphatic heterocycles. The summed E-state index contributed by atoms with van der Waals surface area (Å²) in [5.74, 6) is 0.878. The van der Waals surface area contributed by atoms with Gasteiger partial charge in [-0.2, -0.15) is 0 Å². The van der Waals surface area contributed by atoms with E-state index in [1.165, 1.54) is 0 Å². The van der Waals surface area contributed by atoms with Gasteiger partial charge in [0, 0.05) is 16.2 Å². The van der Waals surface area contributed by atoms with E-state index in [9.17, 15) is 25.5 Å². The van der Waals surface area contributed by atoms with Crippen molar-refractivity contribution in [3.05, 3.63) is 155 Å². The highest BCUT2D eigenvalue weighted by Crippen LogP contribution is 2.65. The second-order valence-corrected chi connectivity index (χ2v) is 15.3. The number of phenolic OH excluding ortho intramolecular Hbond substituents is 5. The predicted molar refractivity (Wildman–Crippen MR) is 196 cm³/mol. The van der Waals surface area contributed by atoms with Crippen molar-refractivity contribution in [2.75, 3.05) is 0 Å². The van der Waals surface area contributed by atoms with Crippen LogP contribution in [0.4, 0.5) is 0 Å². The fourth-order valence-electron chi connectivity index (χ4n) is 9.05. The molecule has 0 aromatic heterocycles. The minimum absolute atomic E-state index is 0.101. The first-order chi connectivity index (χ1) is 23.1. The highest BCUT2D eigenvalue weighted by atomic mass is 16.3. The number of allylic oxidation sites excluding steroid dienone is 2. The van der Waals surface area contributed by atoms with Crippen LogP contribution >= 0.6 is 0 Å². The molecule has 0 amide bonds. The van der Waals surface area contributed by atoms with Gasteiger partial charge in [-0.05, 0) is 117 Å². The van der Waals surface area contributed by atoms with Crippen LogP contribution in [-0.4, -0.2) is 25.5 Å². The number of rotatable bonds is 8. The van der Waals surface area contributed by atoms with Gasteiger partial charge in [0.15, 0.2) is 0 Å². The summed E-state index contributed by atoms with van der Waals surface area (Å²) >= 11 is 0. The van der Waals surface area contributed by atoms with E-state index in [2.05, 4.69) is 47.6 Å². The van der Waals surface area contributed by atoms with Gasteiger partial charge in [0.2, 0.25) is 0 Å². The average Bonchev–Trinajstić information content (AvgIpc) is 3.23. The van der Waals surface area contributed by atoms with Crippen LogP contribution in [0.2, 0.25) is 0 Å². The third-order valence-electron chi connectivity index (χ3n) is 11.1. The molecule has 3 atom stereocenters. The smallest absolute Gasteiger partial charge is 0.115 e. The summed E-state index contributed by atoms with van der Waals surface area (Å²) in [5, 5.41) is 52.0. The number of hydrogen-bond acceptors (Lipinski definition) is 5. The Labute approximate surface area is 289 Å². The number of hydrogen-bond donors (Lipinski definition) is 5. The lowest BCUT2D eigenvalue weighted by Crippen LogP contribution is -2.50. The Morgan fingerprint density at radius 3 is 1.55 bits per heavy atom. The Morgan fingerprint density at radius 1 is 0.571 bits per heavy atom. The zero-order valence-corrected chi connectivity index (χ0v) is 29.1. The number of benzene rings is 5. The molecule has 0 saturated heterocycles. The van der Waals surface area contributed by atoms with Gasteiger partial charge in [-0.15, -0.1) is 0 Å². The number of aromatic hydroxyl groups is 5. The maximum absolute atomic E-state index is 10.9. The average molecular weight is 655 g/mol. The van der Waals surface area contributed by atoms with Crippen molar-refractivity contribution in [1.82, 2.24) is 0 Å². The Balaban J connectivity index is 1.64. The molecular formula is C44H46O5. The van der Waals surface area contributed by atoms with Gasteiger partial charge in [0.05, 0.1) is 0 Å². The molecule has 0 heterocycles. The van der Waals surface area contributed by atoms with Gasteiger partial charge in [0.1, 0.15) is 28.7 Å². The van der Waals surface area contributed by atoms with Crippen LogP contribution in [0.3, 0.4) is 0 Å². The summed E-state index contributed by atoms with van der Waals surface area (Å²) in [6.07, 6.45) is 2.88. The second-order valence-electron chi connectivity index (χ2n) is 15.3. The molecule has 5 heteroatoms. The molecule has 0 bridgehead atoms. The zero-order chi connectivity index (χ0) is 35.4. The van der Waals surface area contributed by atoms with E-state index in [4.69, 9.17) is 0 Å². The van der Waals surface area contributed by atoms with Crippen molar-refractivity contribution in [1.29, 1.82) is 0 Å². The molecule has 0 radical (unpaired) electrons. The summed E-state index contributed by atoms with van der Waals surface area (Å²) in [5.41, 5.74) is 5.32. The first-order valence-electron chi connectivity index (χ1n) is 16.8. The van der Waals surface area contributed by atoms with Crippen molar-refractivity contribution in [2.45, 2.75) is 69.6 Å². The van der Waals surface area contributed by atoms with Crippen LogP contribution in [0.15, 0.2) is 121 Å². The van der Waals surface area contributed by atoms with Gasteiger partial charge >= 0.3 is 0 Å². The van der Waals surface area contributed by atoms with Crippen LogP contribution in [0.5, 0.6) is 28.7 Å². The molecule has 0 saturated carbocycles. The normalized spacial score (nSPS) is 20.0. The second kappa shape index (κ2) is 12.1. The lowest BCUT2D eigenvalue weighted by atomic mass is 9.51. The molecule has 5 aromatic rings. The largest absolute Gasteiger partial charge is 0.508 e. The van der Waals surface area contributed by atoms with Crippen molar-refractivity contribution < 1.29 is 25.5 Å². The monoisotopic (exact) mass is 654 g/mol. The Hall–Kier alpha value is -5.16. The Kier molecular flexibility index (Phi) is 8.31. The van der Waals surface area contributed by atoms with Crippen LogP contribution < -0.4 is 0 Å². The van der Waals surface area contributed by atoms with Crippen LogP contribution in [0, 0.1) is 5.92 Å². The van der Waals surface area contributed by atoms with Crippen LogP contribution in [0.1, 0.15) is 81.3 Å². The molecule has 3 unspecified atom stereocenters. The molecule has 252 valence electrons. The third kappa shape index (κ3) is 5.92. The summed E-state index contributed by atoms with van der Waals surface area (Å²) in [6.45, 7) is 13.4. The van der Waals surface area contributed by atoms with E-state index >= 15 is 0 Å². The number of phenols is 5. The van der Waals surface area contributed by atoms with Gasteiger partial charge in [-0.25, -0.2) is 0 Å². The van der Waals surface area contributed by atoms with E-state index in [1.54, 1.807) is 54.6 Å². The highest BCUT2D eigenvalue weighted by Gasteiger charge is 2.61. The molecule has 49 heavy (non-hydrogen) atoms. The maximum atomic E-state index is 10.9. The van der Waals surface area contributed by atoms with Crippen molar-refractivity contribution in [2.24, 2.45) is 5.92 Å². The molecule has 5 aromatic carbocycles. The number of fused-ring (bicyclic) bond motifs is 1. The fraction of sp³-hybridized carbons (Fsp3) is 0.273. The molecular weight excluding hydrogens is 608 g/mol. The van der Waals surface area contributed by atoms with Crippen molar-refractivity contribution in [3.8, 4) is 28.7 Å². The van der Waals surface area contributed by atoms with Gasteiger partial charge < -0.3 is 25.5 Å². The molecule has 1 aliphatic carbocycles. The molecule has 5 N–H and O–H groups in total. The molecule has 0 spiro atoms. The van der Waals surface area contributed by atoms with Crippen LogP contribution in [-0.2, 0) is 21.7 Å². The van der Waals surface area contributed by atoms with Crippen LogP contribution in [0.25, 0.3) is 5.57 Å². The van der Waals surface area contributed by atoms with E-state index in [1.807, 2.05) is 60.7 Å². The highest BCUT2D eigenvalue weighted by molar-refractivity contribution is 5.70. The Bertz CT molecular complexity index is 1990. The van der Waals surface area contributed by atoms with Crippen molar-refractivity contribution in [3.63, 3.8) is 0 Å². The summed E-state index contributed by atoms with van der Waals surface area (Å²) in [7, 11) is 0. The summed E-state index contributed by atoms with van der Waals surface area (Å²) in [6, 6.07) is 35.3. The molecule has 5 nitrogen and oxygen atoms in total. The molecule has 1 aliphatic rings. The zero-order valence-electron chi connectivity index (χ0n) is 29.1. The van der Waals surface area contributed by atoms with Gasteiger partial charge in [-0.1, -0.05) is 102 Å². The van der Waals surface area contributed by atoms with E-state index in [-0.39, 0.29) is 34.7 Å². The summed E-state index contributed by atoms with van der Waals surface area (Å²) < 4.78 is 0. The van der Waals surface area contributed by atoms with E-state index in [0.29, 0.717) is 6.42 Å². The SMILES string of the molecule is CC(C)(C=C(CC(C)(c1ccc(O)cc1)C1C(C)(C)c2ccc(O)cc2C1(C)c1ccc(O)cc1)c1ccc(O)cc1)c1ccc(O)cc1. The van der Waals surface area contributed by atoms with Gasteiger partial charge in [-0.3, -0.25) is 0 Å². The van der Waals surface area contributed by atoms with E-state index in [0.717, 1.165) is 39.0 Å². The maximum Gasteiger partial charge on any atom is 0.115 e. The standard InChI is InChI=1S/C44H46O5/c1-41(2,30-9-17-34(46)18-10-30)26-29(28-7-15-33(45)16-8-28)27-43(5,31-11-19-35(47)20-12-31)40-42(3,4)38-24-23-37(49)25-39(38)44(40,6)32-13-21-36(48)22-14-32/h7-26,40,45-49H,27H2,1-6H3. The molecule has 0 fully saturated rings. The van der Waals surface area contributed by atoms with Gasteiger partial charge in [0.25, 0.3) is 0 Å². The Morgan fingerprint density at radius 2 is 1.02 bits per heavy atom. The third-order valence-corrected chi connectivity index (χ3v) is 11.1. The fourth-order valence-corrected chi connectivity index (χ4v) is 9.05. The minimum Gasteiger partial charge on any atom is -0.508 e. The lowest BCUT2D eigenvalue weighted by Gasteiger charge is -2.51. The first-order valence-corrected chi connectivity index (χ1v) is 16.8. The summed E-state index contributed by atoms with van der Waals surface area (Å²) in [4.78, 5) is 0. The van der Waals surface area contributed by atoms with Crippen molar-refractivity contribution >= 4 is 5.57 Å². The lowest BCUT2D eigenvalue weighted by molar-refractivity contribution is 0.142. The van der Waals surface area contributed by atoms with E-state index < -0.39 is 21.7 Å².